The molecule has 4 aromatic rings. The number of rotatable bonds is 7. The highest BCUT2D eigenvalue weighted by atomic mass is 35.5. The lowest BCUT2D eigenvalue weighted by molar-refractivity contribution is -0.133. The van der Waals surface area contributed by atoms with E-state index in [4.69, 9.17) is 39.5 Å². The van der Waals surface area contributed by atoms with Crippen molar-refractivity contribution >= 4 is 69.3 Å². The average molecular weight is 612 g/mol. The number of hydrogen-bond acceptors (Lipinski definition) is 6. The Balaban J connectivity index is 1.20. The number of nitrogens with zero attached hydrogens (tertiary/aromatic N) is 3. The minimum absolute atomic E-state index is 0.0762. The summed E-state index contributed by atoms with van der Waals surface area (Å²) in [6.45, 7) is 2.41. The Bertz CT molecular complexity index is 1640. The molecule has 0 aromatic heterocycles. The van der Waals surface area contributed by atoms with Gasteiger partial charge in [0.2, 0.25) is 0 Å². The fraction of sp³-hybridized carbons (Fsp3) is 0.167. The molecule has 0 saturated carbocycles. The Hall–Kier alpha value is -3.98. The van der Waals surface area contributed by atoms with Gasteiger partial charge in [0, 0.05) is 48.4 Å². The van der Waals surface area contributed by atoms with Gasteiger partial charge >= 0.3 is 0 Å². The summed E-state index contributed by atoms with van der Waals surface area (Å²) in [7, 11) is 0. The molecule has 1 fully saturated rings. The van der Waals surface area contributed by atoms with Crippen molar-refractivity contribution in [2.75, 3.05) is 37.7 Å². The molecule has 2 N–H and O–H groups in total. The first-order chi connectivity index (χ1) is 19.8. The number of halogens is 3. The first kappa shape index (κ1) is 28.5. The summed E-state index contributed by atoms with van der Waals surface area (Å²) in [5.41, 5.74) is 4.45. The second-order valence-corrected chi connectivity index (χ2v) is 10.5. The van der Waals surface area contributed by atoms with Crippen LogP contribution in [0.2, 0.25) is 15.1 Å². The van der Waals surface area contributed by atoms with E-state index in [0.717, 1.165) is 22.0 Å². The van der Waals surface area contributed by atoms with Crippen LogP contribution in [0.25, 0.3) is 10.8 Å². The molecule has 0 atom stereocenters. The molecule has 41 heavy (non-hydrogen) atoms. The van der Waals surface area contributed by atoms with Gasteiger partial charge in [-0.1, -0.05) is 59.1 Å². The molecule has 0 aliphatic carbocycles. The molecule has 5 rings (SSSR count). The molecule has 0 bridgehead atoms. The van der Waals surface area contributed by atoms with Crippen LogP contribution in [0.15, 0.2) is 77.9 Å². The van der Waals surface area contributed by atoms with E-state index >= 15 is 0 Å². The molecular formula is C30H25Cl3N4O4. The van der Waals surface area contributed by atoms with Crippen molar-refractivity contribution in [3.05, 3.63) is 99.0 Å². The van der Waals surface area contributed by atoms with Crippen LogP contribution in [-0.4, -0.2) is 60.8 Å². The fourth-order valence-corrected chi connectivity index (χ4v) is 5.01. The van der Waals surface area contributed by atoms with Gasteiger partial charge in [0.1, 0.15) is 11.5 Å². The third-order valence-corrected chi connectivity index (χ3v) is 7.79. The monoisotopic (exact) mass is 610 g/mol. The van der Waals surface area contributed by atoms with Crippen LogP contribution in [0.1, 0.15) is 15.9 Å². The molecule has 0 spiro atoms. The number of anilines is 1. The maximum atomic E-state index is 12.9. The van der Waals surface area contributed by atoms with Crippen molar-refractivity contribution < 1.29 is 19.4 Å². The molecule has 210 valence electrons. The number of hydrazone groups is 1. The van der Waals surface area contributed by atoms with Crippen LogP contribution in [0, 0.1) is 0 Å². The molecule has 0 radical (unpaired) electrons. The molecule has 1 heterocycles. The van der Waals surface area contributed by atoms with Gasteiger partial charge in [-0.15, -0.1) is 0 Å². The van der Waals surface area contributed by atoms with Gasteiger partial charge in [0.05, 0.1) is 21.3 Å². The summed E-state index contributed by atoms with van der Waals surface area (Å²) in [4.78, 5) is 29.3. The molecule has 1 aliphatic heterocycles. The van der Waals surface area contributed by atoms with E-state index in [9.17, 15) is 14.7 Å². The van der Waals surface area contributed by atoms with Gasteiger partial charge in [-0.3, -0.25) is 9.59 Å². The van der Waals surface area contributed by atoms with Crippen LogP contribution < -0.4 is 15.1 Å². The van der Waals surface area contributed by atoms with E-state index in [1.54, 1.807) is 17.0 Å². The van der Waals surface area contributed by atoms with Crippen molar-refractivity contribution in [3.8, 4) is 11.5 Å². The summed E-state index contributed by atoms with van der Waals surface area (Å²) in [6.07, 6.45) is 1.53. The molecule has 0 unspecified atom stereocenters. The molecule has 4 aromatic carbocycles. The summed E-state index contributed by atoms with van der Waals surface area (Å²) >= 11 is 18.1. The first-order valence-corrected chi connectivity index (χ1v) is 13.9. The van der Waals surface area contributed by atoms with E-state index in [1.165, 1.54) is 24.4 Å². The van der Waals surface area contributed by atoms with Crippen LogP contribution in [0.5, 0.6) is 11.5 Å². The topological polar surface area (TPSA) is 94.5 Å². The number of hydrogen-bond donors (Lipinski definition) is 2. The predicted octanol–water partition coefficient (Wildman–Crippen LogP) is 6.00. The number of fused-ring (bicyclic) bond motifs is 1. The highest BCUT2D eigenvalue weighted by Gasteiger charge is 2.22. The van der Waals surface area contributed by atoms with E-state index in [0.29, 0.717) is 42.0 Å². The van der Waals surface area contributed by atoms with Gasteiger partial charge in [-0.05, 0) is 53.9 Å². The third-order valence-electron chi connectivity index (χ3n) is 6.75. The number of phenolic OH excluding ortho intramolecular Hbond substituents is 1. The zero-order valence-electron chi connectivity index (χ0n) is 21.7. The predicted molar refractivity (Wildman–Crippen MR) is 163 cm³/mol. The zero-order chi connectivity index (χ0) is 28.9. The smallest absolute Gasteiger partial charge is 0.271 e. The minimum atomic E-state index is -0.469. The van der Waals surface area contributed by atoms with Crippen LogP contribution in [-0.2, 0) is 4.79 Å². The maximum absolute atomic E-state index is 12.9. The van der Waals surface area contributed by atoms with Crippen molar-refractivity contribution in [1.82, 2.24) is 10.3 Å². The lowest BCUT2D eigenvalue weighted by Crippen LogP contribution is -2.50. The van der Waals surface area contributed by atoms with Crippen molar-refractivity contribution in [2.24, 2.45) is 5.10 Å². The molecular weight excluding hydrogens is 587 g/mol. The van der Waals surface area contributed by atoms with Gasteiger partial charge in [-0.2, -0.15) is 5.10 Å². The van der Waals surface area contributed by atoms with Gasteiger partial charge in [-0.25, -0.2) is 5.43 Å². The van der Waals surface area contributed by atoms with E-state index in [2.05, 4.69) is 15.4 Å². The minimum Gasteiger partial charge on any atom is -0.506 e. The lowest BCUT2D eigenvalue weighted by atomic mass is 10.0. The number of piperazine rings is 1. The van der Waals surface area contributed by atoms with E-state index in [-0.39, 0.29) is 28.8 Å². The third kappa shape index (κ3) is 6.68. The standard InChI is InChI=1S/C30H25Cl3N4O4/c31-24-8-7-21(16-25(24)32)36-11-13-37(14-12-36)29(39)18-41-28-10-6-20(22-3-1-2-4-23(22)28)17-34-35-30(40)19-5-9-27(38)26(33)15-19/h1-10,15-17,38H,11-14,18H2,(H,35,40)/b34-17+. The molecule has 2 amide bonds. The number of nitrogens with one attached hydrogen (secondary N) is 1. The Morgan fingerprint density at radius 1 is 0.878 bits per heavy atom. The Morgan fingerprint density at radius 2 is 1.63 bits per heavy atom. The van der Waals surface area contributed by atoms with Gasteiger partial charge < -0.3 is 19.6 Å². The second kappa shape index (κ2) is 12.7. The summed E-state index contributed by atoms with van der Waals surface area (Å²) < 4.78 is 5.97. The lowest BCUT2D eigenvalue weighted by Gasteiger charge is -2.36. The second-order valence-electron chi connectivity index (χ2n) is 9.32. The van der Waals surface area contributed by atoms with Crippen molar-refractivity contribution in [2.45, 2.75) is 0 Å². The average Bonchev–Trinajstić information content (AvgIpc) is 2.99. The van der Waals surface area contributed by atoms with Crippen molar-refractivity contribution in [3.63, 3.8) is 0 Å². The molecule has 11 heteroatoms. The normalized spacial score (nSPS) is 13.5. The summed E-state index contributed by atoms with van der Waals surface area (Å²) in [5, 5.41) is 16.4. The Morgan fingerprint density at radius 3 is 2.37 bits per heavy atom. The highest BCUT2D eigenvalue weighted by molar-refractivity contribution is 6.42. The van der Waals surface area contributed by atoms with Crippen LogP contribution in [0.3, 0.4) is 0 Å². The number of phenols is 1. The quantitative estimate of drug-likeness (QED) is 0.198. The van der Waals surface area contributed by atoms with Crippen LogP contribution in [0.4, 0.5) is 5.69 Å². The van der Waals surface area contributed by atoms with E-state index in [1.807, 2.05) is 42.5 Å². The summed E-state index contributed by atoms with van der Waals surface area (Å²) in [5.74, 6) is -0.0951. The number of ether oxygens (including phenoxy) is 1. The largest absolute Gasteiger partial charge is 0.506 e. The fourth-order valence-electron chi connectivity index (χ4n) is 4.53. The summed E-state index contributed by atoms with van der Waals surface area (Å²) in [6, 6.07) is 20.9. The molecule has 8 nitrogen and oxygen atoms in total. The molecule has 1 saturated heterocycles. The SMILES string of the molecule is O=C(N/N=C/c1ccc(OCC(=O)N2CCN(c3ccc(Cl)c(Cl)c3)CC2)c2ccccc12)c1ccc(O)c(Cl)c1. The van der Waals surface area contributed by atoms with Gasteiger partial charge in [0.25, 0.3) is 11.8 Å². The Labute approximate surface area is 251 Å². The Kier molecular flexibility index (Phi) is 8.83. The number of aromatic hydroxyl groups is 1. The first-order valence-electron chi connectivity index (χ1n) is 12.7. The zero-order valence-corrected chi connectivity index (χ0v) is 24.0. The maximum Gasteiger partial charge on any atom is 0.271 e. The van der Waals surface area contributed by atoms with Crippen molar-refractivity contribution in [1.29, 1.82) is 0 Å². The molecule has 1 aliphatic rings. The van der Waals surface area contributed by atoms with E-state index < -0.39 is 5.91 Å². The highest BCUT2D eigenvalue weighted by Crippen LogP contribution is 2.29. The number of benzene rings is 4. The van der Waals surface area contributed by atoms with Gasteiger partial charge in [0.15, 0.2) is 6.61 Å². The number of carbonyl (C=O) groups is 2. The van der Waals surface area contributed by atoms with Crippen LogP contribution >= 0.6 is 34.8 Å². The number of carbonyl (C=O) groups excluding carboxylic acids is 2. The number of amides is 2.